The molecule has 0 aliphatic heterocycles. The second-order valence-corrected chi connectivity index (χ2v) is 6.86. The van der Waals surface area contributed by atoms with E-state index < -0.39 is 23.6 Å². The van der Waals surface area contributed by atoms with Gasteiger partial charge in [-0.05, 0) is 53.9 Å². The Morgan fingerprint density at radius 1 is 1.10 bits per heavy atom. The van der Waals surface area contributed by atoms with Crippen molar-refractivity contribution in [2.24, 2.45) is 0 Å². The number of nitrogen functional groups attached to an aromatic ring is 1. The van der Waals surface area contributed by atoms with Gasteiger partial charge in [0.05, 0.1) is 5.56 Å². The first-order valence-electron chi connectivity index (χ1n) is 9.23. The van der Waals surface area contributed by atoms with Gasteiger partial charge in [0, 0.05) is 30.6 Å². The number of hydrogen-bond acceptors (Lipinski definition) is 5. The number of carbonyl (C=O) groups excluding carboxylic acids is 2. The number of nitrogens with zero attached hydrogens (tertiary/aromatic N) is 1. The highest BCUT2D eigenvalue weighted by Crippen LogP contribution is 2.28. The summed E-state index contributed by atoms with van der Waals surface area (Å²) in [5.74, 6) is -2.89. The maximum atomic E-state index is 13.3. The van der Waals surface area contributed by atoms with Crippen molar-refractivity contribution in [2.45, 2.75) is 13.0 Å². The first-order valence-corrected chi connectivity index (χ1v) is 9.23. The van der Waals surface area contributed by atoms with E-state index in [1.807, 2.05) is 0 Å². The molecule has 1 aromatic heterocycles. The molecule has 3 aromatic rings. The third-order valence-corrected chi connectivity index (χ3v) is 4.64. The van der Waals surface area contributed by atoms with Gasteiger partial charge in [0.1, 0.15) is 17.5 Å². The van der Waals surface area contributed by atoms with Crippen LogP contribution in [-0.4, -0.2) is 29.0 Å². The first kappa shape index (κ1) is 21.8. The zero-order valence-corrected chi connectivity index (χ0v) is 16.7. The van der Waals surface area contributed by atoms with Gasteiger partial charge in [-0.25, -0.2) is 13.8 Å². The number of nitrogens with two attached hydrogens (primary N) is 1. The molecular formula is C22H20F2N4O3. The summed E-state index contributed by atoms with van der Waals surface area (Å²) in [6.45, 7) is 1.79. The summed E-state index contributed by atoms with van der Waals surface area (Å²) in [6.07, 6.45) is -0.216. The zero-order chi connectivity index (χ0) is 22.7. The number of nitrogens with one attached hydrogen (secondary N) is 2. The Bertz CT molecular complexity index is 1150. The topological polar surface area (TPSA) is 117 Å². The van der Waals surface area contributed by atoms with Crippen LogP contribution in [0.5, 0.6) is 0 Å². The maximum absolute atomic E-state index is 13.3. The van der Waals surface area contributed by atoms with E-state index in [1.165, 1.54) is 13.2 Å². The van der Waals surface area contributed by atoms with Crippen LogP contribution in [-0.2, 0) is 4.79 Å². The van der Waals surface area contributed by atoms with E-state index >= 15 is 0 Å². The number of pyridine rings is 1. The van der Waals surface area contributed by atoms with Crippen molar-refractivity contribution in [3.8, 4) is 11.1 Å². The van der Waals surface area contributed by atoms with E-state index in [4.69, 9.17) is 5.73 Å². The van der Waals surface area contributed by atoms with Crippen LogP contribution in [0, 0.1) is 18.6 Å². The van der Waals surface area contributed by atoms with Gasteiger partial charge in [-0.1, -0.05) is 6.07 Å². The molecule has 0 saturated carbocycles. The van der Waals surface area contributed by atoms with Crippen LogP contribution in [0.2, 0.25) is 0 Å². The summed E-state index contributed by atoms with van der Waals surface area (Å²) in [6, 6.07) is 9.00. The van der Waals surface area contributed by atoms with Crippen molar-refractivity contribution in [3.63, 3.8) is 0 Å². The highest BCUT2D eigenvalue weighted by molar-refractivity contribution is 5.99. The van der Waals surface area contributed by atoms with Gasteiger partial charge in [-0.2, -0.15) is 0 Å². The van der Waals surface area contributed by atoms with Crippen LogP contribution in [0.15, 0.2) is 48.7 Å². The average molecular weight is 426 g/mol. The fraction of sp³-hybridized carbons (Fsp3) is 0.136. The summed E-state index contributed by atoms with van der Waals surface area (Å²) in [4.78, 5) is 28.3. The Balaban J connectivity index is 1.82. The van der Waals surface area contributed by atoms with Crippen molar-refractivity contribution in [1.29, 1.82) is 0 Å². The van der Waals surface area contributed by atoms with E-state index in [0.29, 0.717) is 17.3 Å². The highest BCUT2D eigenvalue weighted by Gasteiger charge is 2.20. The van der Waals surface area contributed by atoms with Gasteiger partial charge < -0.3 is 21.5 Å². The normalized spacial score (nSPS) is 11.6. The molecule has 5 N–H and O–H groups in total. The van der Waals surface area contributed by atoms with Crippen molar-refractivity contribution < 1.29 is 23.5 Å². The van der Waals surface area contributed by atoms with E-state index in [9.17, 15) is 23.5 Å². The van der Waals surface area contributed by atoms with Crippen molar-refractivity contribution >= 4 is 23.3 Å². The molecule has 1 unspecified atom stereocenters. The molecule has 7 nitrogen and oxygen atoms in total. The molecule has 9 heteroatoms. The van der Waals surface area contributed by atoms with E-state index in [-0.39, 0.29) is 22.9 Å². The Hall–Kier alpha value is -3.85. The second-order valence-electron chi connectivity index (χ2n) is 6.86. The molecule has 2 aromatic carbocycles. The van der Waals surface area contributed by atoms with Gasteiger partial charge in [0.2, 0.25) is 0 Å². The van der Waals surface area contributed by atoms with Crippen LogP contribution in [0.1, 0.15) is 27.6 Å². The molecule has 0 aliphatic rings. The number of benzene rings is 2. The Morgan fingerprint density at radius 2 is 1.77 bits per heavy atom. The largest absolute Gasteiger partial charge is 0.383 e. The number of aromatic nitrogens is 1. The lowest BCUT2D eigenvalue weighted by Gasteiger charge is -2.14. The molecule has 0 spiro atoms. The SMILES string of the molecule is CNC(=O)c1cc(-c2ccc(NC(=O)C(O)c3cc(F)cc(F)c3)cc2C)cnc1N. The van der Waals surface area contributed by atoms with Crippen LogP contribution in [0.4, 0.5) is 20.3 Å². The standard InChI is InChI=1S/C22H20F2N4O3/c1-11-5-16(28-22(31)19(29)12-6-14(23)9-15(24)7-12)3-4-17(11)13-8-18(21(30)26-2)20(25)27-10-13/h3-10,19,29H,1-2H3,(H2,25,27)(H,26,30)(H,28,31). The minimum absolute atomic E-state index is 0.104. The quantitative estimate of drug-likeness (QED) is 0.500. The molecule has 3 rings (SSSR count). The van der Waals surface area contributed by atoms with E-state index in [0.717, 1.165) is 23.3 Å². The Kier molecular flexibility index (Phi) is 6.26. The lowest BCUT2D eigenvalue weighted by atomic mass is 9.99. The van der Waals surface area contributed by atoms with Crippen LogP contribution in [0.3, 0.4) is 0 Å². The van der Waals surface area contributed by atoms with Gasteiger partial charge in [0.25, 0.3) is 11.8 Å². The number of aryl methyl sites for hydroxylation is 1. The Labute approximate surface area is 176 Å². The number of carbonyl (C=O) groups is 2. The maximum Gasteiger partial charge on any atom is 0.257 e. The molecule has 0 aliphatic carbocycles. The predicted molar refractivity (Wildman–Crippen MR) is 112 cm³/mol. The number of aliphatic hydroxyl groups is 1. The molecule has 1 atom stereocenters. The molecule has 0 bridgehead atoms. The monoisotopic (exact) mass is 426 g/mol. The third kappa shape index (κ3) is 4.84. The zero-order valence-electron chi connectivity index (χ0n) is 16.7. The molecule has 0 saturated heterocycles. The summed E-state index contributed by atoms with van der Waals surface area (Å²) in [5.41, 5.74) is 8.33. The highest BCUT2D eigenvalue weighted by atomic mass is 19.1. The Morgan fingerprint density at radius 3 is 2.39 bits per heavy atom. The number of amides is 2. The molecule has 160 valence electrons. The number of hydrogen-bond donors (Lipinski definition) is 4. The van der Waals surface area contributed by atoms with E-state index in [1.54, 1.807) is 31.2 Å². The first-order chi connectivity index (χ1) is 14.7. The molecular weight excluding hydrogens is 406 g/mol. The molecule has 2 amide bonds. The minimum atomic E-state index is -1.75. The summed E-state index contributed by atoms with van der Waals surface area (Å²) in [5, 5.41) is 15.1. The summed E-state index contributed by atoms with van der Waals surface area (Å²) >= 11 is 0. The van der Waals surface area contributed by atoms with Crippen molar-refractivity contribution in [2.75, 3.05) is 18.1 Å². The van der Waals surface area contributed by atoms with Crippen molar-refractivity contribution in [1.82, 2.24) is 10.3 Å². The molecule has 1 heterocycles. The smallest absolute Gasteiger partial charge is 0.257 e. The van der Waals surface area contributed by atoms with Gasteiger partial charge in [-0.3, -0.25) is 9.59 Å². The lowest BCUT2D eigenvalue weighted by molar-refractivity contribution is -0.124. The van der Waals surface area contributed by atoms with Gasteiger partial charge in [-0.15, -0.1) is 0 Å². The van der Waals surface area contributed by atoms with Crippen LogP contribution < -0.4 is 16.4 Å². The minimum Gasteiger partial charge on any atom is -0.383 e. The second kappa shape index (κ2) is 8.88. The molecule has 0 radical (unpaired) electrons. The van der Waals surface area contributed by atoms with Crippen molar-refractivity contribution in [3.05, 3.63) is 77.0 Å². The number of rotatable bonds is 5. The fourth-order valence-corrected chi connectivity index (χ4v) is 3.10. The van der Waals surface area contributed by atoms with Crippen LogP contribution >= 0.6 is 0 Å². The average Bonchev–Trinajstić information content (AvgIpc) is 2.72. The van der Waals surface area contributed by atoms with Gasteiger partial charge >= 0.3 is 0 Å². The number of aliphatic hydroxyl groups excluding tert-OH is 1. The molecule has 0 fully saturated rings. The summed E-state index contributed by atoms with van der Waals surface area (Å²) in [7, 11) is 1.49. The molecule has 31 heavy (non-hydrogen) atoms. The predicted octanol–water partition coefficient (Wildman–Crippen LogP) is 2.95. The number of halogens is 2. The third-order valence-electron chi connectivity index (χ3n) is 4.64. The van der Waals surface area contributed by atoms with Crippen LogP contribution in [0.25, 0.3) is 11.1 Å². The lowest BCUT2D eigenvalue weighted by Crippen LogP contribution is -2.21. The van der Waals surface area contributed by atoms with Gasteiger partial charge in [0.15, 0.2) is 6.10 Å². The summed E-state index contributed by atoms with van der Waals surface area (Å²) < 4.78 is 26.7. The van der Waals surface area contributed by atoms with E-state index in [2.05, 4.69) is 15.6 Å². The fourth-order valence-electron chi connectivity index (χ4n) is 3.10. The number of anilines is 2.